The molecule has 3 heteroatoms. The summed E-state index contributed by atoms with van der Waals surface area (Å²) in [5.41, 5.74) is 1.33. The molecule has 0 N–H and O–H groups in total. The number of rotatable bonds is 3. The SMILES string of the molecule is CC1C(C)C(C)C([Si](C)(C)[N-]C23CC4CC(CC(C4)C2)C3)C1C.[CH3-].[CH3-].[CH3-].[Ti+4]. The summed E-state index contributed by atoms with van der Waals surface area (Å²) in [4.78, 5) is 5.89. The van der Waals surface area contributed by atoms with Crippen LogP contribution in [-0.4, -0.2) is 13.8 Å². The molecule has 156 valence electrons. The predicted molar refractivity (Wildman–Crippen MR) is 121 cm³/mol. The van der Waals surface area contributed by atoms with Crippen LogP contribution in [0.15, 0.2) is 0 Å². The van der Waals surface area contributed by atoms with Crippen LogP contribution in [0.2, 0.25) is 18.6 Å². The Labute approximate surface area is 188 Å². The van der Waals surface area contributed by atoms with Crippen molar-refractivity contribution in [2.75, 3.05) is 0 Å². The van der Waals surface area contributed by atoms with Gasteiger partial charge in [-0.25, -0.2) is 0 Å². The first-order chi connectivity index (χ1) is 10.7. The van der Waals surface area contributed by atoms with Gasteiger partial charge in [0.15, 0.2) is 0 Å². The van der Waals surface area contributed by atoms with Gasteiger partial charge in [0, 0.05) is 0 Å². The van der Waals surface area contributed by atoms with Crippen LogP contribution in [0.4, 0.5) is 0 Å². The molecule has 4 bridgehead atoms. The first kappa shape index (κ1) is 27.9. The molecule has 4 unspecified atom stereocenters. The molecule has 1 nitrogen and oxygen atoms in total. The van der Waals surface area contributed by atoms with Crippen molar-refractivity contribution in [3.8, 4) is 0 Å². The van der Waals surface area contributed by atoms with Gasteiger partial charge in [0.2, 0.25) is 0 Å². The Kier molecular flexibility index (Phi) is 9.67. The van der Waals surface area contributed by atoms with E-state index < -0.39 is 8.24 Å². The molecule has 0 spiro atoms. The molecule has 5 saturated carbocycles. The van der Waals surface area contributed by atoms with Crippen LogP contribution in [0.3, 0.4) is 0 Å². The standard InChI is InChI=1S/C21H38NSi.3CH3.Ti/c1-13-14(2)16(4)20(15(13)3)23(5,6)22-21-10-17-7-18(11-21)9-19(8-17)12-21;;;;/h13-20H,7-12H2,1-6H3;3*1H3;/q4*-1;+4. The van der Waals surface area contributed by atoms with E-state index in [0.29, 0.717) is 5.54 Å². The third-order valence-corrected chi connectivity index (χ3v) is 12.7. The second kappa shape index (κ2) is 9.36. The average Bonchev–Trinajstić information content (AvgIpc) is 2.60. The van der Waals surface area contributed by atoms with Crippen LogP contribution in [0, 0.1) is 63.7 Å². The quantitative estimate of drug-likeness (QED) is 0.323. The molecule has 5 rings (SSSR count). The molecule has 5 aliphatic carbocycles. The van der Waals surface area contributed by atoms with Gasteiger partial charge in [-0.2, -0.15) is 0 Å². The zero-order valence-electron chi connectivity index (χ0n) is 19.8. The zero-order chi connectivity index (χ0) is 16.6. The Bertz CT molecular complexity index is 428. The van der Waals surface area contributed by atoms with Gasteiger partial charge in [0.25, 0.3) is 0 Å². The minimum atomic E-state index is -1.54. The fraction of sp³-hybridized carbons (Fsp3) is 0.875. The molecule has 0 aliphatic heterocycles. The Morgan fingerprint density at radius 1 is 0.667 bits per heavy atom. The molecule has 0 radical (unpaired) electrons. The fourth-order valence-electron chi connectivity index (χ4n) is 8.26. The Hall–Kier alpha value is 0.891. The normalized spacial score (nSPS) is 47.3. The van der Waals surface area contributed by atoms with Gasteiger partial charge >= 0.3 is 21.7 Å². The topological polar surface area (TPSA) is 14.1 Å². The van der Waals surface area contributed by atoms with Gasteiger partial charge in [-0.3, -0.25) is 0 Å². The molecular formula is C24H47NSiTi. The van der Waals surface area contributed by atoms with Crippen molar-refractivity contribution in [1.82, 2.24) is 0 Å². The summed E-state index contributed by atoms with van der Waals surface area (Å²) in [6.07, 6.45) is 8.99. The van der Waals surface area contributed by atoms with Gasteiger partial charge in [-0.05, 0) is 60.7 Å². The first-order valence-electron chi connectivity index (χ1n) is 10.4. The van der Waals surface area contributed by atoms with Crippen molar-refractivity contribution in [1.29, 1.82) is 0 Å². The van der Waals surface area contributed by atoms with E-state index in [1.54, 1.807) is 19.3 Å². The van der Waals surface area contributed by atoms with E-state index in [4.69, 9.17) is 4.98 Å². The van der Waals surface area contributed by atoms with Crippen molar-refractivity contribution < 1.29 is 21.7 Å². The first-order valence-corrected chi connectivity index (χ1v) is 13.5. The summed E-state index contributed by atoms with van der Waals surface area (Å²) in [5.74, 6) is 6.61. The van der Waals surface area contributed by atoms with E-state index in [0.717, 1.165) is 47.0 Å². The smallest absolute Gasteiger partial charge is 0.659 e. The van der Waals surface area contributed by atoms with Crippen LogP contribution in [0.25, 0.3) is 4.98 Å². The maximum Gasteiger partial charge on any atom is 4.00 e. The summed E-state index contributed by atoms with van der Waals surface area (Å²) >= 11 is 0. The molecule has 0 saturated heterocycles. The second-order valence-corrected chi connectivity index (χ2v) is 15.1. The molecule has 0 amide bonds. The molecule has 5 fully saturated rings. The van der Waals surface area contributed by atoms with Gasteiger partial charge in [0.05, 0.1) is 0 Å². The number of hydrogen-bond donors (Lipinski definition) is 0. The maximum absolute atomic E-state index is 5.89. The Morgan fingerprint density at radius 3 is 1.33 bits per heavy atom. The van der Waals surface area contributed by atoms with E-state index in [1.807, 2.05) is 0 Å². The largest absolute Gasteiger partial charge is 4.00 e. The van der Waals surface area contributed by atoms with Crippen LogP contribution in [0.5, 0.6) is 0 Å². The van der Waals surface area contributed by atoms with Crippen molar-refractivity contribution in [2.45, 2.75) is 90.4 Å². The minimum Gasteiger partial charge on any atom is -0.659 e. The monoisotopic (exact) mass is 425 g/mol. The van der Waals surface area contributed by atoms with Crippen LogP contribution >= 0.6 is 0 Å². The van der Waals surface area contributed by atoms with Crippen LogP contribution in [0.1, 0.15) is 66.2 Å². The molecule has 0 heterocycles. The number of nitrogens with zero attached hydrogens (tertiary/aromatic N) is 1. The van der Waals surface area contributed by atoms with Gasteiger partial charge < -0.3 is 27.3 Å². The fourth-order valence-corrected chi connectivity index (χ4v) is 13.1. The summed E-state index contributed by atoms with van der Waals surface area (Å²) in [6, 6.07) is 0. The third-order valence-electron chi connectivity index (χ3n) is 8.97. The summed E-state index contributed by atoms with van der Waals surface area (Å²) in [6.45, 7) is 15.3. The summed E-state index contributed by atoms with van der Waals surface area (Å²) in [5, 5.41) is 0. The van der Waals surface area contributed by atoms with Crippen LogP contribution in [-0.2, 0) is 21.7 Å². The minimum absolute atomic E-state index is 0. The molecule has 27 heavy (non-hydrogen) atoms. The molecular weight excluding hydrogens is 378 g/mol. The molecule has 0 aromatic heterocycles. The predicted octanol–water partition coefficient (Wildman–Crippen LogP) is 7.81. The third kappa shape index (κ3) is 4.64. The summed E-state index contributed by atoms with van der Waals surface area (Å²) in [7, 11) is -1.54. The van der Waals surface area contributed by atoms with Crippen molar-refractivity contribution in [3.05, 3.63) is 27.3 Å². The van der Waals surface area contributed by atoms with Crippen molar-refractivity contribution in [2.24, 2.45) is 41.4 Å². The van der Waals surface area contributed by atoms with Gasteiger partial charge in [0.1, 0.15) is 0 Å². The number of hydrogen-bond acceptors (Lipinski definition) is 0. The Balaban J connectivity index is 0.00000169. The summed E-state index contributed by atoms with van der Waals surface area (Å²) < 4.78 is 0. The van der Waals surface area contributed by atoms with Gasteiger partial charge in [-0.15, -0.1) is 5.54 Å². The maximum atomic E-state index is 5.89. The average molecular weight is 426 g/mol. The van der Waals surface area contributed by atoms with Crippen molar-refractivity contribution >= 4 is 8.24 Å². The molecule has 4 atom stereocenters. The van der Waals surface area contributed by atoms with Gasteiger partial charge in [-0.1, -0.05) is 73.8 Å². The molecule has 0 aromatic rings. The Morgan fingerprint density at radius 2 is 1.00 bits per heavy atom. The van der Waals surface area contributed by atoms with E-state index in [1.165, 1.54) is 19.3 Å². The van der Waals surface area contributed by atoms with E-state index in [-0.39, 0.29) is 44.0 Å². The second-order valence-electron chi connectivity index (χ2n) is 10.9. The van der Waals surface area contributed by atoms with E-state index >= 15 is 0 Å². The van der Waals surface area contributed by atoms with E-state index in [2.05, 4.69) is 40.8 Å². The van der Waals surface area contributed by atoms with E-state index in [9.17, 15) is 0 Å². The molecule has 0 aromatic carbocycles. The van der Waals surface area contributed by atoms with Crippen molar-refractivity contribution in [3.63, 3.8) is 0 Å². The molecule has 5 aliphatic rings. The van der Waals surface area contributed by atoms with Crippen LogP contribution < -0.4 is 0 Å². The zero-order valence-corrected chi connectivity index (χ0v) is 22.4.